The zero-order valence-electron chi connectivity index (χ0n) is 14.7. The Bertz CT molecular complexity index is 486. The first-order valence-electron chi connectivity index (χ1n) is 7.88. The van der Waals surface area contributed by atoms with Crippen LogP contribution in [-0.2, 0) is 19.2 Å². The number of hydrogen-bond acceptors (Lipinski definition) is 6. The van der Waals surface area contributed by atoms with Gasteiger partial charge in [-0.15, -0.1) is 0 Å². The second kappa shape index (κ2) is 11.7. The van der Waals surface area contributed by atoms with Crippen molar-refractivity contribution in [2.24, 2.45) is 11.7 Å². The number of aliphatic carboxylic acids is 2. The molecule has 0 aliphatic rings. The van der Waals surface area contributed by atoms with Crippen molar-refractivity contribution in [1.82, 2.24) is 10.6 Å². The van der Waals surface area contributed by atoms with Gasteiger partial charge in [0.1, 0.15) is 12.1 Å². The molecule has 3 atom stereocenters. The topological polar surface area (TPSA) is 159 Å². The van der Waals surface area contributed by atoms with E-state index in [1.165, 1.54) is 11.8 Å². The van der Waals surface area contributed by atoms with Gasteiger partial charge in [-0.25, -0.2) is 4.79 Å². The molecule has 0 heterocycles. The van der Waals surface area contributed by atoms with Gasteiger partial charge in [0.2, 0.25) is 11.8 Å². The zero-order chi connectivity index (χ0) is 19.6. The Labute approximate surface area is 151 Å². The van der Waals surface area contributed by atoms with Gasteiger partial charge >= 0.3 is 11.9 Å². The van der Waals surface area contributed by atoms with Crippen LogP contribution < -0.4 is 16.4 Å². The number of carboxylic acids is 2. The summed E-state index contributed by atoms with van der Waals surface area (Å²) >= 11 is 1.42. The maximum absolute atomic E-state index is 12.2. The van der Waals surface area contributed by atoms with Crippen LogP contribution in [0.5, 0.6) is 0 Å². The van der Waals surface area contributed by atoms with Gasteiger partial charge in [-0.05, 0) is 30.8 Å². The summed E-state index contributed by atoms with van der Waals surface area (Å²) in [5.74, 6) is -3.37. The molecule has 10 heteroatoms. The van der Waals surface area contributed by atoms with Crippen LogP contribution in [0.3, 0.4) is 0 Å². The fourth-order valence-corrected chi connectivity index (χ4v) is 2.51. The van der Waals surface area contributed by atoms with Crippen molar-refractivity contribution in [2.75, 3.05) is 12.0 Å². The van der Waals surface area contributed by atoms with Crippen LogP contribution in [-0.4, -0.2) is 64.1 Å². The van der Waals surface area contributed by atoms with Crippen molar-refractivity contribution in [3.05, 3.63) is 0 Å². The van der Waals surface area contributed by atoms with Crippen molar-refractivity contribution in [3.8, 4) is 0 Å². The first-order valence-corrected chi connectivity index (χ1v) is 9.27. The van der Waals surface area contributed by atoms with Gasteiger partial charge in [0, 0.05) is 0 Å². The minimum absolute atomic E-state index is 0.149. The summed E-state index contributed by atoms with van der Waals surface area (Å²) in [5, 5.41) is 22.6. The van der Waals surface area contributed by atoms with Crippen LogP contribution in [0.2, 0.25) is 0 Å². The van der Waals surface area contributed by atoms with E-state index in [2.05, 4.69) is 10.6 Å². The minimum atomic E-state index is -1.39. The van der Waals surface area contributed by atoms with Crippen molar-refractivity contribution in [2.45, 2.75) is 51.2 Å². The summed E-state index contributed by atoms with van der Waals surface area (Å²) in [7, 11) is 0. The van der Waals surface area contributed by atoms with E-state index in [4.69, 9.17) is 15.9 Å². The number of thioether (sulfide) groups is 1. The molecule has 6 N–H and O–H groups in total. The molecule has 0 rings (SSSR count). The standard InChI is InChI=1S/C15H27N3O6S/c1-8(2)6-9(16)13(21)18-11(7-12(19)20)14(22)17-10(15(23)24)4-5-25-3/h8-11H,4-7,16H2,1-3H3,(H,17,22)(H,18,21)(H,19,20)(H,23,24). The molecule has 0 bridgehead atoms. The number of hydrogen-bond donors (Lipinski definition) is 5. The third-order valence-electron chi connectivity index (χ3n) is 3.30. The monoisotopic (exact) mass is 377 g/mol. The highest BCUT2D eigenvalue weighted by Gasteiger charge is 2.29. The molecular weight excluding hydrogens is 350 g/mol. The molecule has 25 heavy (non-hydrogen) atoms. The predicted molar refractivity (Wildman–Crippen MR) is 94.2 cm³/mol. The van der Waals surface area contributed by atoms with Gasteiger partial charge < -0.3 is 26.6 Å². The van der Waals surface area contributed by atoms with Gasteiger partial charge in [0.05, 0.1) is 12.5 Å². The third kappa shape index (κ3) is 9.92. The van der Waals surface area contributed by atoms with E-state index in [9.17, 15) is 19.2 Å². The fourth-order valence-electron chi connectivity index (χ4n) is 2.04. The lowest BCUT2D eigenvalue weighted by Crippen LogP contribution is -2.55. The van der Waals surface area contributed by atoms with Crippen LogP contribution in [0.1, 0.15) is 33.1 Å². The van der Waals surface area contributed by atoms with E-state index >= 15 is 0 Å². The van der Waals surface area contributed by atoms with E-state index in [1.54, 1.807) is 6.26 Å². The molecule has 144 valence electrons. The fraction of sp³-hybridized carbons (Fsp3) is 0.733. The van der Waals surface area contributed by atoms with Gasteiger partial charge in [-0.3, -0.25) is 14.4 Å². The van der Waals surface area contributed by atoms with E-state index in [1.807, 2.05) is 13.8 Å². The third-order valence-corrected chi connectivity index (χ3v) is 3.94. The molecular formula is C15H27N3O6S. The second-order valence-corrected chi connectivity index (χ2v) is 7.06. The van der Waals surface area contributed by atoms with Gasteiger partial charge in [0.25, 0.3) is 0 Å². The van der Waals surface area contributed by atoms with Crippen molar-refractivity contribution < 1.29 is 29.4 Å². The van der Waals surface area contributed by atoms with Crippen molar-refractivity contribution in [1.29, 1.82) is 0 Å². The smallest absolute Gasteiger partial charge is 0.326 e. The average molecular weight is 377 g/mol. The predicted octanol–water partition coefficient (Wildman–Crippen LogP) is -0.358. The Morgan fingerprint density at radius 2 is 1.60 bits per heavy atom. The van der Waals surface area contributed by atoms with E-state index in [0.717, 1.165) is 0 Å². The Hall–Kier alpha value is -1.81. The highest BCUT2D eigenvalue weighted by molar-refractivity contribution is 7.98. The maximum Gasteiger partial charge on any atom is 0.326 e. The van der Waals surface area contributed by atoms with Crippen LogP contribution in [0, 0.1) is 5.92 Å². The average Bonchev–Trinajstić information content (AvgIpc) is 2.48. The summed E-state index contributed by atoms with van der Waals surface area (Å²) < 4.78 is 0. The number of nitrogens with one attached hydrogen (secondary N) is 2. The van der Waals surface area contributed by atoms with E-state index < -0.39 is 48.3 Å². The number of rotatable bonds is 12. The molecule has 0 radical (unpaired) electrons. The first kappa shape index (κ1) is 23.2. The van der Waals surface area contributed by atoms with E-state index in [0.29, 0.717) is 12.2 Å². The lowest BCUT2D eigenvalue weighted by Gasteiger charge is -2.22. The highest BCUT2D eigenvalue weighted by Crippen LogP contribution is 2.05. The number of carboxylic acid groups (broad SMARTS) is 2. The number of amides is 2. The van der Waals surface area contributed by atoms with Crippen LogP contribution in [0.25, 0.3) is 0 Å². The van der Waals surface area contributed by atoms with Crippen LogP contribution in [0.4, 0.5) is 0 Å². The van der Waals surface area contributed by atoms with Gasteiger partial charge in [-0.2, -0.15) is 11.8 Å². The number of nitrogens with two attached hydrogens (primary N) is 1. The molecule has 0 saturated heterocycles. The number of carbonyl (C=O) groups is 4. The zero-order valence-corrected chi connectivity index (χ0v) is 15.5. The van der Waals surface area contributed by atoms with Crippen LogP contribution in [0.15, 0.2) is 0 Å². The molecule has 0 aliphatic carbocycles. The summed E-state index contributed by atoms with van der Waals surface area (Å²) in [4.78, 5) is 46.4. The quantitative estimate of drug-likeness (QED) is 0.308. The number of carbonyl (C=O) groups excluding carboxylic acids is 2. The molecule has 0 aromatic carbocycles. The SMILES string of the molecule is CSCCC(NC(=O)C(CC(=O)O)NC(=O)C(N)CC(C)C)C(=O)O. The molecule has 3 unspecified atom stereocenters. The summed E-state index contributed by atoms with van der Waals surface area (Å²) in [5.41, 5.74) is 5.72. The first-order chi connectivity index (χ1) is 11.6. The second-order valence-electron chi connectivity index (χ2n) is 6.08. The summed E-state index contributed by atoms with van der Waals surface area (Å²) in [6.07, 6.45) is 1.69. The van der Waals surface area contributed by atoms with Gasteiger partial charge in [-0.1, -0.05) is 13.8 Å². The Morgan fingerprint density at radius 1 is 1.04 bits per heavy atom. The maximum atomic E-state index is 12.2. The van der Waals surface area contributed by atoms with Crippen molar-refractivity contribution >= 4 is 35.5 Å². The molecule has 0 spiro atoms. The largest absolute Gasteiger partial charge is 0.481 e. The molecule has 0 fully saturated rings. The Kier molecular flexibility index (Phi) is 10.8. The lowest BCUT2D eigenvalue weighted by molar-refractivity contribution is -0.143. The highest BCUT2D eigenvalue weighted by atomic mass is 32.2. The Morgan fingerprint density at radius 3 is 2.04 bits per heavy atom. The normalized spacial score (nSPS) is 14.4. The van der Waals surface area contributed by atoms with E-state index in [-0.39, 0.29) is 12.3 Å². The summed E-state index contributed by atoms with van der Waals surface area (Å²) in [6.45, 7) is 3.75. The molecule has 0 aliphatic heterocycles. The minimum Gasteiger partial charge on any atom is -0.481 e. The van der Waals surface area contributed by atoms with Crippen molar-refractivity contribution in [3.63, 3.8) is 0 Å². The van der Waals surface area contributed by atoms with Crippen LogP contribution >= 0.6 is 11.8 Å². The lowest BCUT2D eigenvalue weighted by atomic mass is 10.0. The molecule has 9 nitrogen and oxygen atoms in total. The molecule has 0 saturated carbocycles. The van der Waals surface area contributed by atoms with Gasteiger partial charge in [0.15, 0.2) is 0 Å². The molecule has 0 aromatic rings. The summed E-state index contributed by atoms with van der Waals surface area (Å²) in [6, 6.07) is -3.42. The molecule has 0 aromatic heterocycles. The Balaban J connectivity index is 4.99. The molecule has 2 amide bonds.